The first-order valence-electron chi connectivity index (χ1n) is 6.86. The highest BCUT2D eigenvalue weighted by Crippen LogP contribution is 2.28. The monoisotopic (exact) mass is 337 g/mol. The second-order valence-electron chi connectivity index (χ2n) is 5.14. The molecule has 22 heavy (non-hydrogen) atoms. The fraction of sp³-hybridized carbons (Fsp3) is 0.235. The molecule has 0 saturated heterocycles. The molecule has 1 unspecified atom stereocenters. The van der Waals surface area contributed by atoms with E-state index in [1.807, 2.05) is 32.0 Å². The fourth-order valence-electron chi connectivity index (χ4n) is 2.00. The van der Waals surface area contributed by atoms with Crippen LogP contribution >= 0.6 is 23.2 Å². The maximum absolute atomic E-state index is 12.2. The third kappa shape index (κ3) is 4.15. The smallest absolute Gasteiger partial charge is 0.265 e. The molecule has 1 amide bonds. The van der Waals surface area contributed by atoms with Crippen LogP contribution in [0.2, 0.25) is 10.0 Å². The van der Waals surface area contributed by atoms with Crippen molar-refractivity contribution in [2.24, 2.45) is 0 Å². The SMILES string of the molecule is Cc1ccc(NC(=O)C(C)Oc2ccc(Cl)cc2Cl)c(C)c1. The van der Waals surface area contributed by atoms with E-state index in [0.29, 0.717) is 15.8 Å². The van der Waals surface area contributed by atoms with E-state index in [2.05, 4.69) is 5.32 Å². The predicted octanol–water partition coefficient (Wildman–Crippen LogP) is 5.02. The van der Waals surface area contributed by atoms with E-state index < -0.39 is 6.10 Å². The molecular weight excluding hydrogens is 321 g/mol. The summed E-state index contributed by atoms with van der Waals surface area (Å²) in [5.74, 6) is 0.187. The first kappa shape index (κ1) is 16.7. The van der Waals surface area contributed by atoms with Gasteiger partial charge in [0.25, 0.3) is 5.91 Å². The third-order valence-corrected chi connectivity index (χ3v) is 3.74. The van der Waals surface area contributed by atoms with Crippen LogP contribution in [-0.4, -0.2) is 12.0 Å². The lowest BCUT2D eigenvalue weighted by Gasteiger charge is -2.16. The van der Waals surface area contributed by atoms with Crippen LogP contribution in [0.5, 0.6) is 5.75 Å². The average molecular weight is 338 g/mol. The highest BCUT2D eigenvalue weighted by Gasteiger charge is 2.17. The molecule has 3 nitrogen and oxygen atoms in total. The van der Waals surface area contributed by atoms with E-state index in [-0.39, 0.29) is 5.91 Å². The first-order valence-corrected chi connectivity index (χ1v) is 7.62. The van der Waals surface area contributed by atoms with E-state index in [9.17, 15) is 4.79 Å². The lowest BCUT2D eigenvalue weighted by Crippen LogP contribution is -2.30. The molecule has 2 aromatic rings. The minimum atomic E-state index is -0.681. The third-order valence-electron chi connectivity index (χ3n) is 3.21. The van der Waals surface area contributed by atoms with Crippen molar-refractivity contribution in [1.29, 1.82) is 0 Å². The Morgan fingerprint density at radius 3 is 2.50 bits per heavy atom. The van der Waals surface area contributed by atoms with Crippen LogP contribution in [0.3, 0.4) is 0 Å². The van der Waals surface area contributed by atoms with Crippen molar-refractivity contribution < 1.29 is 9.53 Å². The molecule has 2 rings (SSSR count). The Labute approximate surface area is 140 Å². The van der Waals surface area contributed by atoms with Gasteiger partial charge < -0.3 is 10.1 Å². The summed E-state index contributed by atoms with van der Waals surface area (Å²) >= 11 is 11.9. The largest absolute Gasteiger partial charge is 0.479 e. The number of halogens is 2. The van der Waals surface area contributed by atoms with Crippen LogP contribution < -0.4 is 10.1 Å². The summed E-state index contributed by atoms with van der Waals surface area (Å²) in [6.07, 6.45) is -0.681. The normalized spacial score (nSPS) is 11.9. The van der Waals surface area contributed by atoms with Crippen LogP contribution in [-0.2, 0) is 4.79 Å². The molecule has 0 aliphatic rings. The molecule has 0 aromatic heterocycles. The van der Waals surface area contributed by atoms with E-state index in [1.165, 1.54) is 0 Å². The van der Waals surface area contributed by atoms with Crippen LogP contribution in [0.15, 0.2) is 36.4 Å². The van der Waals surface area contributed by atoms with E-state index in [0.717, 1.165) is 16.8 Å². The van der Waals surface area contributed by atoms with Crippen LogP contribution in [0.1, 0.15) is 18.1 Å². The zero-order valence-electron chi connectivity index (χ0n) is 12.6. The van der Waals surface area contributed by atoms with Crippen molar-refractivity contribution in [3.8, 4) is 5.75 Å². The number of carbonyl (C=O) groups is 1. The summed E-state index contributed by atoms with van der Waals surface area (Å²) in [4.78, 5) is 12.2. The van der Waals surface area contributed by atoms with E-state index in [1.54, 1.807) is 25.1 Å². The Morgan fingerprint density at radius 1 is 1.14 bits per heavy atom. The number of benzene rings is 2. The van der Waals surface area contributed by atoms with Gasteiger partial charge in [0.2, 0.25) is 0 Å². The minimum absolute atomic E-state index is 0.238. The number of anilines is 1. The second-order valence-corrected chi connectivity index (χ2v) is 5.99. The van der Waals surface area contributed by atoms with Crippen molar-refractivity contribution in [3.63, 3.8) is 0 Å². The summed E-state index contributed by atoms with van der Waals surface area (Å²) < 4.78 is 5.60. The summed E-state index contributed by atoms with van der Waals surface area (Å²) in [6, 6.07) is 10.7. The van der Waals surface area contributed by atoms with Gasteiger partial charge in [-0.15, -0.1) is 0 Å². The zero-order valence-corrected chi connectivity index (χ0v) is 14.1. The number of carbonyl (C=O) groups excluding carboxylic acids is 1. The lowest BCUT2D eigenvalue weighted by atomic mass is 10.1. The second kappa shape index (κ2) is 7.03. The molecule has 0 saturated carbocycles. The van der Waals surface area contributed by atoms with Gasteiger partial charge in [0.05, 0.1) is 5.02 Å². The van der Waals surface area contributed by atoms with Crippen molar-refractivity contribution in [1.82, 2.24) is 0 Å². The minimum Gasteiger partial charge on any atom is -0.479 e. The highest BCUT2D eigenvalue weighted by molar-refractivity contribution is 6.35. The molecule has 0 heterocycles. The summed E-state index contributed by atoms with van der Waals surface area (Å²) in [6.45, 7) is 5.63. The molecule has 0 bridgehead atoms. The number of hydrogen-bond acceptors (Lipinski definition) is 2. The maximum Gasteiger partial charge on any atom is 0.265 e. The number of rotatable bonds is 4. The van der Waals surface area contributed by atoms with Gasteiger partial charge >= 0.3 is 0 Å². The summed E-state index contributed by atoms with van der Waals surface area (Å²) in [7, 11) is 0. The van der Waals surface area contributed by atoms with Crippen LogP contribution in [0.4, 0.5) is 5.69 Å². The lowest BCUT2D eigenvalue weighted by molar-refractivity contribution is -0.122. The van der Waals surface area contributed by atoms with Crippen molar-refractivity contribution in [3.05, 3.63) is 57.6 Å². The molecule has 1 N–H and O–H groups in total. The zero-order chi connectivity index (χ0) is 16.3. The summed E-state index contributed by atoms with van der Waals surface area (Å²) in [5.41, 5.74) is 2.92. The van der Waals surface area contributed by atoms with E-state index in [4.69, 9.17) is 27.9 Å². The highest BCUT2D eigenvalue weighted by atomic mass is 35.5. The molecule has 0 radical (unpaired) electrons. The molecule has 0 aliphatic carbocycles. The van der Waals surface area contributed by atoms with Crippen LogP contribution in [0.25, 0.3) is 0 Å². The quantitative estimate of drug-likeness (QED) is 0.850. The van der Waals surface area contributed by atoms with Crippen LogP contribution in [0, 0.1) is 13.8 Å². The van der Waals surface area contributed by atoms with Gasteiger partial charge in [-0.05, 0) is 50.6 Å². The molecule has 116 valence electrons. The van der Waals surface area contributed by atoms with Gasteiger partial charge in [-0.3, -0.25) is 4.79 Å². The van der Waals surface area contributed by atoms with Gasteiger partial charge in [-0.25, -0.2) is 0 Å². The average Bonchev–Trinajstić information content (AvgIpc) is 2.44. The number of aryl methyl sites for hydroxylation is 2. The topological polar surface area (TPSA) is 38.3 Å². The Bertz CT molecular complexity index is 701. The van der Waals surface area contributed by atoms with Crippen molar-refractivity contribution >= 4 is 34.8 Å². The van der Waals surface area contributed by atoms with Gasteiger partial charge in [-0.1, -0.05) is 40.9 Å². The first-order chi connectivity index (χ1) is 10.4. The summed E-state index contributed by atoms with van der Waals surface area (Å²) in [5, 5.41) is 3.75. The van der Waals surface area contributed by atoms with E-state index >= 15 is 0 Å². The Balaban J connectivity index is 2.05. The predicted molar refractivity (Wildman–Crippen MR) is 91.1 cm³/mol. The number of ether oxygens (including phenoxy) is 1. The Morgan fingerprint density at radius 2 is 1.86 bits per heavy atom. The number of amides is 1. The van der Waals surface area contributed by atoms with Gasteiger partial charge in [0.15, 0.2) is 6.10 Å². The molecule has 1 atom stereocenters. The Hall–Kier alpha value is -1.71. The molecule has 2 aromatic carbocycles. The molecule has 5 heteroatoms. The number of hydrogen-bond donors (Lipinski definition) is 1. The molecular formula is C17H17Cl2NO2. The number of nitrogens with one attached hydrogen (secondary N) is 1. The Kier molecular flexibility index (Phi) is 5.33. The van der Waals surface area contributed by atoms with Gasteiger partial charge in [0.1, 0.15) is 5.75 Å². The molecule has 0 fully saturated rings. The fourth-order valence-corrected chi connectivity index (χ4v) is 2.46. The van der Waals surface area contributed by atoms with Crippen molar-refractivity contribution in [2.45, 2.75) is 26.9 Å². The maximum atomic E-state index is 12.2. The van der Waals surface area contributed by atoms with Gasteiger partial charge in [-0.2, -0.15) is 0 Å². The molecule has 0 spiro atoms. The molecule has 0 aliphatic heterocycles. The van der Waals surface area contributed by atoms with Crippen molar-refractivity contribution in [2.75, 3.05) is 5.32 Å². The van der Waals surface area contributed by atoms with Gasteiger partial charge in [0, 0.05) is 10.7 Å². The standard InChI is InChI=1S/C17H17Cl2NO2/c1-10-4-6-15(11(2)8-10)20-17(21)12(3)22-16-7-5-13(18)9-14(16)19/h4-9,12H,1-3H3,(H,20,21).